The minimum absolute atomic E-state index is 0.0426. The fourth-order valence-corrected chi connectivity index (χ4v) is 4.30. The first kappa shape index (κ1) is 33.5. The van der Waals surface area contributed by atoms with E-state index in [2.05, 4.69) is 84.1 Å². The Kier molecular flexibility index (Phi) is 12.6. The van der Waals surface area contributed by atoms with Crippen LogP contribution in [0.1, 0.15) is 32.0 Å². The highest BCUT2D eigenvalue weighted by Crippen LogP contribution is 2.35. The zero-order valence-electron chi connectivity index (χ0n) is 26.1. The van der Waals surface area contributed by atoms with E-state index >= 15 is 0 Å². The number of nitrogens with two attached hydrogens (primary N) is 1. The fraction of sp³-hybridized carbons (Fsp3) is 0.229. The van der Waals surface area contributed by atoms with Crippen LogP contribution in [0.15, 0.2) is 109 Å². The normalized spacial score (nSPS) is 11.7. The smallest absolute Gasteiger partial charge is 0.226 e. The van der Waals surface area contributed by atoms with E-state index in [1.54, 1.807) is 12.5 Å². The summed E-state index contributed by atoms with van der Waals surface area (Å²) in [5, 5.41) is 8.89. The lowest BCUT2D eigenvalue weighted by Gasteiger charge is -2.22. The van der Waals surface area contributed by atoms with E-state index in [-0.39, 0.29) is 5.41 Å². The van der Waals surface area contributed by atoms with Crippen LogP contribution in [-0.4, -0.2) is 30.1 Å². The monoisotopic (exact) mass is 594 g/mol. The van der Waals surface area contributed by atoms with E-state index < -0.39 is 0 Å². The maximum atomic E-state index is 8.94. The van der Waals surface area contributed by atoms with Crippen LogP contribution >= 0.6 is 0 Å². The van der Waals surface area contributed by atoms with Gasteiger partial charge in [0.25, 0.3) is 0 Å². The number of aryl methyl sites for hydroxylation is 1. The maximum absolute atomic E-state index is 8.94. The number of methoxy groups -OCH3 is 1. The minimum atomic E-state index is -0.0426. The molecule has 3 aromatic carbocycles. The zero-order chi connectivity index (χ0) is 32.0. The number of hydrogen-bond acceptors (Lipinski definition) is 8. The van der Waals surface area contributed by atoms with Crippen molar-refractivity contribution in [2.45, 2.75) is 34.2 Å². The second-order valence-corrected chi connectivity index (χ2v) is 10.9. The lowest BCUT2D eigenvalue weighted by atomic mass is 9.85. The number of carbonyl (C=O) groups is 1. The number of benzene rings is 3. The van der Waals surface area contributed by atoms with Crippen LogP contribution in [0.5, 0.6) is 11.6 Å². The average molecular weight is 595 g/mol. The van der Waals surface area contributed by atoms with Crippen LogP contribution in [0, 0.1) is 12.3 Å². The standard InChI is InChI=1S/C34H38N4O2.CH4N2O/c1-7-13-26(34(3,4)5)21-27(23-39-6)37-30-18-19-31(29-17-12-11-16-28(29)30)40-32-20-24(2)36-33(38-32)35-22-25-14-9-8-10-15-25;2-3-1-4/h7-21,37H,1,22-23H2,2-6H3,(H,35,36,38);1H,2H2,(H,3,4)/b26-13+,27-21+;. The van der Waals surface area contributed by atoms with Crippen LogP contribution in [-0.2, 0) is 16.1 Å². The quantitative estimate of drug-likeness (QED) is 0.0452. The van der Waals surface area contributed by atoms with Gasteiger partial charge in [-0.25, -0.2) is 10.8 Å². The molecule has 0 spiro atoms. The Morgan fingerprint density at radius 3 is 2.32 bits per heavy atom. The summed E-state index contributed by atoms with van der Waals surface area (Å²) < 4.78 is 11.9. The predicted molar refractivity (Wildman–Crippen MR) is 179 cm³/mol. The summed E-state index contributed by atoms with van der Waals surface area (Å²) >= 11 is 0. The molecule has 0 fully saturated rings. The molecule has 0 bridgehead atoms. The average Bonchev–Trinajstić information content (AvgIpc) is 3.01. The molecule has 0 radical (unpaired) electrons. The molecule has 4 aromatic rings. The van der Waals surface area contributed by atoms with Crippen molar-refractivity contribution in [1.29, 1.82) is 0 Å². The van der Waals surface area contributed by atoms with E-state index in [1.165, 1.54) is 0 Å². The van der Waals surface area contributed by atoms with E-state index in [0.29, 0.717) is 37.1 Å². The molecule has 0 saturated carbocycles. The third kappa shape index (κ3) is 10.1. The number of hydrazine groups is 1. The Morgan fingerprint density at radius 2 is 1.68 bits per heavy atom. The molecule has 4 rings (SSSR count). The summed E-state index contributed by atoms with van der Waals surface area (Å²) in [6, 6.07) is 24.2. The molecule has 0 aliphatic rings. The van der Waals surface area contributed by atoms with Gasteiger partial charge in [0.2, 0.25) is 18.2 Å². The first-order valence-corrected chi connectivity index (χ1v) is 14.2. The topological polar surface area (TPSA) is 123 Å². The van der Waals surface area contributed by atoms with Crippen molar-refractivity contribution in [3.63, 3.8) is 0 Å². The number of aromatic nitrogens is 2. The molecule has 0 saturated heterocycles. The molecule has 0 atom stereocenters. The highest BCUT2D eigenvalue weighted by atomic mass is 16.5. The van der Waals surface area contributed by atoms with Crippen molar-refractivity contribution in [3.8, 4) is 11.6 Å². The van der Waals surface area contributed by atoms with Gasteiger partial charge in [0.15, 0.2) is 0 Å². The number of amides is 1. The van der Waals surface area contributed by atoms with E-state index in [4.69, 9.17) is 14.3 Å². The summed E-state index contributed by atoms with van der Waals surface area (Å²) in [7, 11) is 1.70. The Bertz CT molecular complexity index is 1590. The predicted octanol–water partition coefficient (Wildman–Crippen LogP) is 7.05. The largest absolute Gasteiger partial charge is 0.438 e. The Hall–Kier alpha value is -4.99. The molecule has 0 aliphatic heterocycles. The summed E-state index contributed by atoms with van der Waals surface area (Å²) in [4.78, 5) is 18.1. The number of carbonyl (C=O) groups excluding carboxylic acids is 1. The number of ether oxygens (including phenoxy) is 2. The number of allylic oxidation sites excluding steroid dienone is 4. The molecule has 1 aromatic heterocycles. The molecule has 1 amide bonds. The molecular weight excluding hydrogens is 552 g/mol. The molecule has 230 valence electrons. The molecule has 5 N–H and O–H groups in total. The van der Waals surface area contributed by atoms with Crippen LogP contribution in [0.4, 0.5) is 11.6 Å². The van der Waals surface area contributed by atoms with Crippen molar-refractivity contribution in [2.24, 2.45) is 11.3 Å². The van der Waals surface area contributed by atoms with Gasteiger partial charge >= 0.3 is 0 Å². The number of rotatable bonds is 12. The second-order valence-electron chi connectivity index (χ2n) is 10.9. The van der Waals surface area contributed by atoms with Crippen molar-refractivity contribution in [3.05, 3.63) is 120 Å². The lowest BCUT2D eigenvalue weighted by Crippen LogP contribution is -2.18. The Morgan fingerprint density at radius 1 is 1.00 bits per heavy atom. The van der Waals surface area contributed by atoms with Crippen molar-refractivity contribution >= 4 is 28.8 Å². The molecule has 0 unspecified atom stereocenters. The summed E-state index contributed by atoms with van der Waals surface area (Å²) in [6.45, 7) is 13.4. The lowest BCUT2D eigenvalue weighted by molar-refractivity contribution is -0.109. The number of nitrogens with zero attached hydrogens (tertiary/aromatic N) is 2. The van der Waals surface area contributed by atoms with Gasteiger partial charge in [0.05, 0.1) is 6.61 Å². The van der Waals surface area contributed by atoms with Crippen LogP contribution in [0.2, 0.25) is 0 Å². The highest BCUT2D eigenvalue weighted by molar-refractivity contribution is 5.98. The molecule has 1 heterocycles. The fourth-order valence-electron chi connectivity index (χ4n) is 4.30. The highest BCUT2D eigenvalue weighted by Gasteiger charge is 2.16. The first-order valence-electron chi connectivity index (χ1n) is 14.2. The van der Waals surface area contributed by atoms with Gasteiger partial charge in [-0.3, -0.25) is 10.2 Å². The summed E-state index contributed by atoms with van der Waals surface area (Å²) in [6.07, 6.45) is 6.40. The Balaban J connectivity index is 0.00000124. The number of hydrogen-bond donors (Lipinski definition) is 4. The summed E-state index contributed by atoms with van der Waals surface area (Å²) in [5.74, 6) is 6.14. The van der Waals surface area contributed by atoms with Gasteiger partial charge in [-0.1, -0.05) is 94.1 Å². The Labute approximate surface area is 259 Å². The van der Waals surface area contributed by atoms with E-state index in [9.17, 15) is 0 Å². The SMILES string of the molecule is C=C/C=C(\C=C(/COC)Nc1ccc(Oc2cc(C)nc(NCc3ccccc3)n2)c2ccccc12)C(C)(C)C.NNC=O. The van der Waals surface area contributed by atoms with Crippen LogP contribution in [0.3, 0.4) is 0 Å². The van der Waals surface area contributed by atoms with Crippen molar-refractivity contribution in [2.75, 3.05) is 24.4 Å². The molecular formula is C35H42N6O3. The zero-order valence-corrected chi connectivity index (χ0v) is 26.1. The second kappa shape index (κ2) is 16.6. The van der Waals surface area contributed by atoms with Gasteiger partial charge in [-0.15, -0.1) is 0 Å². The van der Waals surface area contributed by atoms with Crippen molar-refractivity contribution in [1.82, 2.24) is 15.4 Å². The number of fused-ring (bicyclic) bond motifs is 1. The van der Waals surface area contributed by atoms with Gasteiger partial charge in [-0.05, 0) is 41.7 Å². The molecule has 9 heteroatoms. The first-order chi connectivity index (χ1) is 21.2. The number of anilines is 2. The summed E-state index contributed by atoms with van der Waals surface area (Å²) in [5.41, 5.74) is 6.74. The number of nitrogens with one attached hydrogen (secondary N) is 3. The van der Waals surface area contributed by atoms with Gasteiger partial charge in [-0.2, -0.15) is 4.98 Å². The molecule has 44 heavy (non-hydrogen) atoms. The van der Waals surface area contributed by atoms with E-state index in [1.807, 2.05) is 67.6 Å². The van der Waals surface area contributed by atoms with Gasteiger partial charge in [0.1, 0.15) is 5.75 Å². The maximum Gasteiger partial charge on any atom is 0.226 e. The molecule has 0 aliphatic carbocycles. The third-order valence-corrected chi connectivity index (χ3v) is 6.38. The minimum Gasteiger partial charge on any atom is -0.438 e. The van der Waals surface area contributed by atoms with Crippen molar-refractivity contribution < 1.29 is 14.3 Å². The molecule has 9 nitrogen and oxygen atoms in total. The van der Waals surface area contributed by atoms with Gasteiger partial charge in [0, 0.05) is 47.6 Å². The van der Waals surface area contributed by atoms with Gasteiger partial charge < -0.3 is 20.1 Å². The van der Waals surface area contributed by atoms with E-state index in [0.717, 1.165) is 39.0 Å². The van der Waals surface area contributed by atoms with Crippen LogP contribution < -0.4 is 26.6 Å². The van der Waals surface area contributed by atoms with Crippen LogP contribution in [0.25, 0.3) is 10.8 Å². The third-order valence-electron chi connectivity index (χ3n) is 6.38.